The smallest absolute Gasteiger partial charge is 0.303 e. The van der Waals surface area contributed by atoms with Gasteiger partial charge in [0.25, 0.3) is 0 Å². The molecular formula is C9H21NO4S. The van der Waals surface area contributed by atoms with Crippen molar-refractivity contribution in [1.82, 2.24) is 4.90 Å². The Kier molecular flexibility index (Phi) is 7.08. The van der Waals surface area contributed by atoms with Gasteiger partial charge in [0.1, 0.15) is 0 Å². The molecule has 0 bridgehead atoms. The first-order chi connectivity index (χ1) is 6.89. The monoisotopic (exact) mass is 239 g/mol. The SMILES string of the molecule is CCN1CCC(C)C1.CCOS(=O)(=O)O. The van der Waals surface area contributed by atoms with Crippen LogP contribution in [0.25, 0.3) is 0 Å². The molecule has 1 rings (SSSR count). The highest BCUT2D eigenvalue weighted by molar-refractivity contribution is 7.80. The predicted octanol–water partition coefficient (Wildman–Crippen LogP) is 1.17. The standard InChI is InChI=1S/C7H15N.C2H6O4S/c1-3-8-5-4-7(2)6-8;1-2-6-7(3,4)5/h7H,3-6H2,1-2H3;2H2,1H3,(H,3,4,5). The Morgan fingerprint density at radius 2 is 2.07 bits per heavy atom. The Morgan fingerprint density at radius 3 is 2.20 bits per heavy atom. The second kappa shape index (κ2) is 7.16. The van der Waals surface area contributed by atoms with Crippen molar-refractivity contribution in [3.63, 3.8) is 0 Å². The molecule has 0 amide bonds. The van der Waals surface area contributed by atoms with Gasteiger partial charge in [-0.25, -0.2) is 4.18 Å². The first-order valence-corrected chi connectivity index (χ1v) is 6.59. The Labute approximate surface area is 92.4 Å². The topological polar surface area (TPSA) is 66.8 Å². The minimum atomic E-state index is -4.17. The zero-order valence-electron chi connectivity index (χ0n) is 9.64. The minimum absolute atomic E-state index is 0.0289. The van der Waals surface area contributed by atoms with Crippen LogP contribution in [0.4, 0.5) is 0 Å². The van der Waals surface area contributed by atoms with Gasteiger partial charge >= 0.3 is 10.4 Å². The number of nitrogens with zero attached hydrogens (tertiary/aromatic N) is 1. The summed E-state index contributed by atoms with van der Waals surface area (Å²) in [6, 6.07) is 0. The van der Waals surface area contributed by atoms with Crippen LogP contribution in [-0.4, -0.2) is 44.1 Å². The van der Waals surface area contributed by atoms with E-state index in [1.807, 2.05) is 0 Å². The molecule has 0 saturated carbocycles. The lowest BCUT2D eigenvalue weighted by Crippen LogP contribution is -2.18. The molecule has 1 saturated heterocycles. The second-order valence-corrected chi connectivity index (χ2v) is 4.71. The normalized spacial score (nSPS) is 22.3. The van der Waals surface area contributed by atoms with Crippen LogP contribution in [0.5, 0.6) is 0 Å². The van der Waals surface area contributed by atoms with E-state index in [1.54, 1.807) is 0 Å². The van der Waals surface area contributed by atoms with Crippen molar-refractivity contribution in [2.45, 2.75) is 27.2 Å². The molecule has 1 aliphatic heterocycles. The summed E-state index contributed by atoms with van der Waals surface area (Å²) in [5.74, 6) is 0.954. The van der Waals surface area contributed by atoms with Crippen LogP contribution >= 0.6 is 0 Å². The summed E-state index contributed by atoms with van der Waals surface area (Å²) in [5.41, 5.74) is 0. The summed E-state index contributed by atoms with van der Waals surface area (Å²) in [4.78, 5) is 2.50. The lowest BCUT2D eigenvalue weighted by atomic mass is 10.2. The van der Waals surface area contributed by atoms with Gasteiger partial charge in [-0.15, -0.1) is 0 Å². The highest BCUT2D eigenvalue weighted by Crippen LogP contribution is 2.13. The first kappa shape index (κ1) is 14.8. The molecule has 0 aliphatic carbocycles. The van der Waals surface area contributed by atoms with Gasteiger partial charge in [-0.05, 0) is 32.4 Å². The van der Waals surface area contributed by atoms with Gasteiger partial charge in [0.05, 0.1) is 6.61 Å². The third-order valence-electron chi connectivity index (χ3n) is 2.22. The van der Waals surface area contributed by atoms with Crippen molar-refractivity contribution in [3.05, 3.63) is 0 Å². The van der Waals surface area contributed by atoms with Gasteiger partial charge in [-0.3, -0.25) is 4.55 Å². The largest absolute Gasteiger partial charge is 0.397 e. The summed E-state index contributed by atoms with van der Waals surface area (Å²) < 4.78 is 30.7. The predicted molar refractivity (Wildman–Crippen MR) is 59.1 cm³/mol. The maximum Gasteiger partial charge on any atom is 0.397 e. The maximum atomic E-state index is 9.56. The Balaban J connectivity index is 0.000000265. The molecular weight excluding hydrogens is 218 g/mol. The maximum absolute atomic E-state index is 9.56. The lowest BCUT2D eigenvalue weighted by molar-refractivity contribution is 0.283. The zero-order valence-corrected chi connectivity index (χ0v) is 10.5. The molecule has 1 heterocycles. The lowest BCUT2D eigenvalue weighted by Gasteiger charge is -2.09. The molecule has 1 atom stereocenters. The van der Waals surface area contributed by atoms with E-state index in [-0.39, 0.29) is 6.61 Å². The summed E-state index contributed by atoms with van der Waals surface area (Å²) in [5, 5.41) is 0. The highest BCUT2D eigenvalue weighted by Gasteiger charge is 2.15. The van der Waals surface area contributed by atoms with Gasteiger partial charge in [-0.2, -0.15) is 8.42 Å². The number of hydrogen-bond acceptors (Lipinski definition) is 4. The van der Waals surface area contributed by atoms with Crippen molar-refractivity contribution >= 4 is 10.4 Å². The van der Waals surface area contributed by atoms with Crippen molar-refractivity contribution in [1.29, 1.82) is 0 Å². The van der Waals surface area contributed by atoms with E-state index in [1.165, 1.54) is 33.0 Å². The summed E-state index contributed by atoms with van der Waals surface area (Å²) in [6.07, 6.45) is 1.41. The fraction of sp³-hybridized carbons (Fsp3) is 1.00. The van der Waals surface area contributed by atoms with Gasteiger partial charge in [0, 0.05) is 6.54 Å². The number of likely N-dealkylation sites (tertiary alicyclic amines) is 1. The number of rotatable bonds is 3. The van der Waals surface area contributed by atoms with Crippen LogP contribution in [0.1, 0.15) is 27.2 Å². The van der Waals surface area contributed by atoms with Crippen molar-refractivity contribution in [3.8, 4) is 0 Å². The molecule has 1 N–H and O–H groups in total. The average molecular weight is 239 g/mol. The van der Waals surface area contributed by atoms with Crippen molar-refractivity contribution < 1.29 is 17.2 Å². The van der Waals surface area contributed by atoms with E-state index in [2.05, 4.69) is 22.9 Å². The molecule has 15 heavy (non-hydrogen) atoms. The average Bonchev–Trinajstić information content (AvgIpc) is 2.50. The van der Waals surface area contributed by atoms with E-state index in [9.17, 15) is 8.42 Å². The van der Waals surface area contributed by atoms with Gasteiger partial charge in [0.15, 0.2) is 0 Å². The Hall–Kier alpha value is -0.170. The van der Waals surface area contributed by atoms with Crippen LogP contribution < -0.4 is 0 Å². The van der Waals surface area contributed by atoms with E-state index in [0.29, 0.717) is 0 Å². The molecule has 0 aromatic carbocycles. The van der Waals surface area contributed by atoms with Gasteiger partial charge < -0.3 is 4.90 Å². The third kappa shape index (κ3) is 8.80. The second-order valence-electron chi connectivity index (χ2n) is 3.62. The van der Waals surface area contributed by atoms with Crippen LogP contribution in [0.2, 0.25) is 0 Å². The molecule has 0 aromatic heterocycles. The molecule has 1 fully saturated rings. The van der Waals surface area contributed by atoms with Gasteiger partial charge in [0.2, 0.25) is 0 Å². The highest BCUT2D eigenvalue weighted by atomic mass is 32.3. The fourth-order valence-electron chi connectivity index (χ4n) is 1.46. The van der Waals surface area contributed by atoms with E-state index in [4.69, 9.17) is 4.55 Å². The first-order valence-electron chi connectivity index (χ1n) is 5.23. The van der Waals surface area contributed by atoms with Crippen molar-refractivity contribution in [2.75, 3.05) is 26.2 Å². The number of hydrogen-bond donors (Lipinski definition) is 1. The van der Waals surface area contributed by atoms with E-state index < -0.39 is 10.4 Å². The Morgan fingerprint density at radius 1 is 1.47 bits per heavy atom. The minimum Gasteiger partial charge on any atom is -0.303 e. The van der Waals surface area contributed by atoms with Crippen LogP contribution in [0, 0.1) is 5.92 Å². The zero-order chi connectivity index (χ0) is 11.9. The summed E-state index contributed by atoms with van der Waals surface area (Å²) >= 11 is 0. The molecule has 1 unspecified atom stereocenters. The van der Waals surface area contributed by atoms with Crippen molar-refractivity contribution in [2.24, 2.45) is 5.92 Å². The molecule has 0 spiro atoms. The molecule has 6 heteroatoms. The van der Waals surface area contributed by atoms with Crippen LogP contribution in [0.15, 0.2) is 0 Å². The third-order valence-corrected chi connectivity index (χ3v) is 2.76. The Bertz CT molecular complexity index is 253. The quantitative estimate of drug-likeness (QED) is 0.749. The van der Waals surface area contributed by atoms with Crippen LogP contribution in [-0.2, 0) is 14.6 Å². The summed E-state index contributed by atoms with van der Waals surface area (Å²) in [6.45, 7) is 9.90. The summed E-state index contributed by atoms with van der Waals surface area (Å²) in [7, 11) is -4.17. The molecule has 5 nitrogen and oxygen atoms in total. The molecule has 92 valence electrons. The molecule has 0 radical (unpaired) electrons. The molecule has 1 aliphatic rings. The van der Waals surface area contributed by atoms with E-state index in [0.717, 1.165) is 5.92 Å². The van der Waals surface area contributed by atoms with Crippen LogP contribution in [0.3, 0.4) is 0 Å². The molecule has 0 aromatic rings. The fourth-order valence-corrected chi connectivity index (χ4v) is 1.76. The van der Waals surface area contributed by atoms with E-state index >= 15 is 0 Å². The van der Waals surface area contributed by atoms with Gasteiger partial charge in [-0.1, -0.05) is 13.8 Å².